The number of hydrazone groups is 1. The van der Waals surface area contributed by atoms with E-state index in [1.165, 1.54) is 6.92 Å². The summed E-state index contributed by atoms with van der Waals surface area (Å²) in [6.07, 6.45) is 0. The average Bonchev–Trinajstić information content (AvgIpc) is 2.18. The third-order valence-corrected chi connectivity index (χ3v) is 2.41. The van der Waals surface area contributed by atoms with E-state index in [4.69, 9.17) is 34.8 Å². The van der Waals surface area contributed by atoms with E-state index in [-0.39, 0.29) is 11.0 Å². The molecule has 1 aromatic carbocycles. The van der Waals surface area contributed by atoms with Gasteiger partial charge < -0.3 is 0 Å². The third kappa shape index (κ3) is 3.70. The highest BCUT2D eigenvalue weighted by Crippen LogP contribution is 2.25. The minimum Gasteiger partial charge on any atom is -0.292 e. The lowest BCUT2D eigenvalue weighted by molar-refractivity contribution is -0.110. The van der Waals surface area contributed by atoms with E-state index in [1.807, 2.05) is 0 Å². The summed E-state index contributed by atoms with van der Waals surface area (Å²) >= 11 is 17.1. The maximum absolute atomic E-state index is 10.8. The van der Waals surface area contributed by atoms with Crippen LogP contribution in [0.25, 0.3) is 0 Å². The zero-order valence-corrected chi connectivity index (χ0v) is 9.99. The van der Waals surface area contributed by atoms with Gasteiger partial charge in [0.15, 0.2) is 11.0 Å². The average molecular weight is 266 g/mol. The van der Waals surface area contributed by atoms with Crippen LogP contribution in [-0.2, 0) is 4.79 Å². The molecule has 0 fully saturated rings. The lowest BCUT2D eigenvalue weighted by Gasteiger charge is -2.03. The van der Waals surface area contributed by atoms with Crippen molar-refractivity contribution in [3.05, 3.63) is 28.2 Å². The molecule has 15 heavy (non-hydrogen) atoms. The fraction of sp³-hybridized carbons (Fsp3) is 0.111. The lowest BCUT2D eigenvalue weighted by atomic mass is 10.3. The Kier molecular flexibility index (Phi) is 4.39. The fourth-order valence-electron chi connectivity index (χ4n) is 0.771. The summed E-state index contributed by atoms with van der Waals surface area (Å²) in [5.41, 5.74) is 3.04. The highest BCUT2D eigenvalue weighted by Gasteiger charge is 2.03. The van der Waals surface area contributed by atoms with Crippen LogP contribution in [0.1, 0.15) is 6.92 Å². The summed E-state index contributed by atoms with van der Waals surface area (Å²) in [6.45, 7) is 1.31. The van der Waals surface area contributed by atoms with Crippen molar-refractivity contribution in [1.29, 1.82) is 0 Å². The summed E-state index contributed by atoms with van der Waals surface area (Å²) < 4.78 is 0. The predicted molar refractivity (Wildman–Crippen MR) is 64.1 cm³/mol. The van der Waals surface area contributed by atoms with Crippen molar-refractivity contribution >= 4 is 51.4 Å². The molecule has 0 amide bonds. The van der Waals surface area contributed by atoms with Gasteiger partial charge in [-0.05, 0) is 18.2 Å². The van der Waals surface area contributed by atoms with Crippen LogP contribution in [0.5, 0.6) is 0 Å². The Bertz CT molecular complexity index is 418. The lowest BCUT2D eigenvalue weighted by Crippen LogP contribution is -2.04. The molecule has 0 unspecified atom stereocenters. The second kappa shape index (κ2) is 5.35. The number of nitrogens with zero attached hydrogens (tertiary/aromatic N) is 1. The predicted octanol–water partition coefficient (Wildman–Crippen LogP) is 3.55. The molecule has 0 aliphatic rings. The summed E-state index contributed by atoms with van der Waals surface area (Å²) in [4.78, 5) is 10.8. The number of carbonyl (C=O) groups excluding carboxylic acids is 1. The van der Waals surface area contributed by atoms with Gasteiger partial charge in [0, 0.05) is 11.9 Å². The number of benzene rings is 1. The number of Topliss-reactive ketones (excluding diaryl/α,β-unsaturated/α-hetero) is 1. The summed E-state index contributed by atoms with van der Waals surface area (Å²) in [5.74, 6) is -0.331. The molecule has 80 valence electrons. The van der Waals surface area contributed by atoms with E-state index in [0.717, 1.165) is 0 Å². The van der Waals surface area contributed by atoms with Gasteiger partial charge in [-0.15, -0.1) is 0 Å². The van der Waals surface area contributed by atoms with E-state index in [2.05, 4.69) is 10.5 Å². The normalized spacial score (nSPS) is 11.3. The van der Waals surface area contributed by atoms with Gasteiger partial charge in [0.25, 0.3) is 0 Å². The van der Waals surface area contributed by atoms with Gasteiger partial charge in [-0.2, -0.15) is 5.10 Å². The van der Waals surface area contributed by atoms with Crippen molar-refractivity contribution in [2.24, 2.45) is 5.10 Å². The van der Waals surface area contributed by atoms with Crippen LogP contribution in [-0.4, -0.2) is 11.0 Å². The Labute approximate surface area is 102 Å². The van der Waals surface area contributed by atoms with Gasteiger partial charge in [-0.3, -0.25) is 10.2 Å². The first kappa shape index (κ1) is 12.3. The molecule has 0 spiro atoms. The summed E-state index contributed by atoms with van der Waals surface area (Å²) in [5, 5.41) is 4.44. The van der Waals surface area contributed by atoms with Crippen molar-refractivity contribution in [1.82, 2.24) is 0 Å². The molecular formula is C9H7Cl3N2O. The van der Waals surface area contributed by atoms with Gasteiger partial charge in [-0.25, -0.2) is 0 Å². The molecule has 0 aliphatic carbocycles. The first-order valence-corrected chi connectivity index (χ1v) is 5.09. The van der Waals surface area contributed by atoms with Gasteiger partial charge in [0.1, 0.15) is 0 Å². The number of rotatable bonds is 3. The standard InChI is InChI=1S/C9H7Cl3N2O/c1-5(15)9(12)14-13-8-4-6(10)2-3-7(8)11/h2-4,13H,1H3/b14-9-. The fourth-order valence-corrected chi connectivity index (χ4v) is 1.15. The van der Waals surface area contributed by atoms with Crippen LogP contribution in [0.3, 0.4) is 0 Å². The molecule has 0 atom stereocenters. The van der Waals surface area contributed by atoms with Gasteiger partial charge in [-0.1, -0.05) is 34.8 Å². The molecule has 1 rings (SSSR count). The van der Waals surface area contributed by atoms with E-state index < -0.39 is 0 Å². The number of halogens is 3. The van der Waals surface area contributed by atoms with E-state index in [1.54, 1.807) is 18.2 Å². The minimum atomic E-state index is -0.331. The molecule has 1 N–H and O–H groups in total. The SMILES string of the molecule is CC(=O)/C(Cl)=N/Nc1cc(Cl)ccc1Cl. The van der Waals surface area contributed by atoms with Crippen LogP contribution < -0.4 is 5.43 Å². The Hall–Kier alpha value is -0.770. The zero-order chi connectivity index (χ0) is 11.4. The van der Waals surface area contributed by atoms with E-state index in [0.29, 0.717) is 15.7 Å². The van der Waals surface area contributed by atoms with E-state index >= 15 is 0 Å². The highest BCUT2D eigenvalue weighted by molar-refractivity contribution is 6.82. The molecule has 0 saturated heterocycles. The molecule has 1 aromatic rings. The number of hydrogen-bond acceptors (Lipinski definition) is 3. The summed E-state index contributed by atoms with van der Waals surface area (Å²) in [6, 6.07) is 4.84. The van der Waals surface area contributed by atoms with Gasteiger partial charge in [0.2, 0.25) is 0 Å². The molecule has 0 bridgehead atoms. The van der Waals surface area contributed by atoms with Crippen molar-refractivity contribution in [3.63, 3.8) is 0 Å². The van der Waals surface area contributed by atoms with Gasteiger partial charge in [0.05, 0.1) is 10.7 Å². The number of carbonyl (C=O) groups is 1. The minimum absolute atomic E-state index is 0.147. The number of nitrogens with one attached hydrogen (secondary N) is 1. The number of anilines is 1. The second-order valence-corrected chi connectivity index (χ2v) is 3.90. The van der Waals surface area contributed by atoms with Crippen molar-refractivity contribution < 1.29 is 4.79 Å². The number of hydrogen-bond donors (Lipinski definition) is 1. The summed E-state index contributed by atoms with van der Waals surface area (Å²) in [7, 11) is 0. The molecule has 0 heterocycles. The molecule has 0 aliphatic heterocycles. The molecule has 3 nitrogen and oxygen atoms in total. The molecule has 0 radical (unpaired) electrons. The van der Waals surface area contributed by atoms with Crippen LogP contribution in [0.2, 0.25) is 10.0 Å². The van der Waals surface area contributed by atoms with Gasteiger partial charge >= 0.3 is 0 Å². The van der Waals surface area contributed by atoms with Crippen LogP contribution in [0, 0.1) is 0 Å². The monoisotopic (exact) mass is 264 g/mol. The maximum atomic E-state index is 10.8. The van der Waals surface area contributed by atoms with Crippen molar-refractivity contribution in [2.75, 3.05) is 5.43 Å². The Morgan fingerprint density at radius 1 is 1.40 bits per heavy atom. The van der Waals surface area contributed by atoms with Crippen LogP contribution in [0.4, 0.5) is 5.69 Å². The topological polar surface area (TPSA) is 41.5 Å². The quantitative estimate of drug-likeness (QED) is 0.671. The Morgan fingerprint density at radius 3 is 2.67 bits per heavy atom. The highest BCUT2D eigenvalue weighted by atomic mass is 35.5. The first-order chi connectivity index (χ1) is 7.00. The Morgan fingerprint density at radius 2 is 2.07 bits per heavy atom. The third-order valence-electron chi connectivity index (χ3n) is 1.49. The zero-order valence-electron chi connectivity index (χ0n) is 7.72. The molecule has 0 saturated carbocycles. The van der Waals surface area contributed by atoms with Crippen molar-refractivity contribution in [3.8, 4) is 0 Å². The van der Waals surface area contributed by atoms with Crippen LogP contribution >= 0.6 is 34.8 Å². The Balaban J connectivity index is 2.86. The molecule has 0 aromatic heterocycles. The van der Waals surface area contributed by atoms with Crippen LogP contribution in [0.15, 0.2) is 23.3 Å². The first-order valence-electron chi connectivity index (χ1n) is 3.96. The van der Waals surface area contributed by atoms with E-state index in [9.17, 15) is 4.79 Å². The molecule has 6 heteroatoms. The maximum Gasteiger partial charge on any atom is 0.191 e. The van der Waals surface area contributed by atoms with Crippen molar-refractivity contribution in [2.45, 2.75) is 6.92 Å². The number of ketones is 1. The second-order valence-electron chi connectivity index (χ2n) is 2.69. The largest absolute Gasteiger partial charge is 0.292 e. The smallest absolute Gasteiger partial charge is 0.191 e. The molecular weight excluding hydrogens is 258 g/mol.